The molecule has 3 rings (SSSR count). The Bertz CT molecular complexity index is 978. The zero-order valence-electron chi connectivity index (χ0n) is 16.0. The number of phenols is 1. The Morgan fingerprint density at radius 1 is 1.15 bits per heavy atom. The van der Waals surface area contributed by atoms with Crippen molar-refractivity contribution in [2.24, 2.45) is 0 Å². The van der Waals surface area contributed by atoms with E-state index in [2.05, 4.69) is 10.1 Å². The van der Waals surface area contributed by atoms with Crippen LogP contribution in [0.5, 0.6) is 11.5 Å². The van der Waals surface area contributed by atoms with Crippen molar-refractivity contribution in [3.05, 3.63) is 63.9 Å². The number of benzene rings is 1. The first kappa shape index (κ1) is 21.3. The van der Waals surface area contributed by atoms with E-state index in [0.717, 1.165) is 11.1 Å². The van der Waals surface area contributed by atoms with Crippen LogP contribution in [0.3, 0.4) is 0 Å². The van der Waals surface area contributed by atoms with Crippen LogP contribution in [-0.2, 0) is 6.42 Å². The first-order chi connectivity index (χ1) is 12.4. The zero-order valence-corrected chi connectivity index (χ0v) is 18.0. The fourth-order valence-electron chi connectivity index (χ4n) is 3.07. The van der Waals surface area contributed by atoms with E-state index >= 15 is 0 Å². The summed E-state index contributed by atoms with van der Waals surface area (Å²) >= 11 is 0. The van der Waals surface area contributed by atoms with Crippen molar-refractivity contribution in [2.75, 3.05) is 0 Å². The van der Waals surface area contributed by atoms with Gasteiger partial charge in [0.2, 0.25) is 0 Å². The van der Waals surface area contributed by atoms with Crippen LogP contribution in [0.4, 0.5) is 0 Å². The van der Waals surface area contributed by atoms with Gasteiger partial charge in [0.15, 0.2) is 0 Å². The van der Waals surface area contributed by atoms with Gasteiger partial charge in [-0.25, -0.2) is 0 Å². The van der Waals surface area contributed by atoms with Gasteiger partial charge in [0.1, 0.15) is 17.8 Å². The number of phenolic OH excluding ortho intramolecular Hbond substituents is 1. The van der Waals surface area contributed by atoms with Crippen molar-refractivity contribution in [2.45, 2.75) is 39.0 Å². The summed E-state index contributed by atoms with van der Waals surface area (Å²) in [6.45, 7) is 6.00. The van der Waals surface area contributed by atoms with Crippen LogP contribution in [0.2, 0.25) is 0 Å². The van der Waals surface area contributed by atoms with Crippen LogP contribution >= 0.6 is 0 Å². The molecule has 3 aromatic rings. The Balaban J connectivity index is 0.00000261. The Morgan fingerprint density at radius 2 is 1.89 bits per heavy atom. The maximum absolute atomic E-state index is 11.7. The van der Waals surface area contributed by atoms with Gasteiger partial charge in [-0.1, -0.05) is 32.9 Å². The summed E-state index contributed by atoms with van der Waals surface area (Å²) in [6, 6.07) is 7.03. The van der Waals surface area contributed by atoms with Crippen LogP contribution in [0, 0.1) is 0 Å². The number of hydrogen-bond donors (Lipinski definition) is 3. The number of aromatic nitrogens is 2. The summed E-state index contributed by atoms with van der Waals surface area (Å²) in [7, 11) is 0. The summed E-state index contributed by atoms with van der Waals surface area (Å²) in [5.74, 6) is 0.454. The van der Waals surface area contributed by atoms with E-state index in [1.54, 1.807) is 18.3 Å². The standard InChI is InChI=1S/C20H22N2O4.Na/c1-11(2)18-19(24)14(6-7-21-18)8-12(3)13-4-5-15(17(23)9-13)16-10-26-22-20(16)25;/h4-7,9-12,23-24H,8H2,1-3H3,(H,22,25);/q;+1/t12-;/m0./s1. The Morgan fingerprint density at radius 3 is 2.48 bits per heavy atom. The molecule has 6 nitrogen and oxygen atoms in total. The summed E-state index contributed by atoms with van der Waals surface area (Å²) in [4.78, 5) is 15.9. The Labute approximate surface area is 179 Å². The minimum Gasteiger partial charge on any atom is -0.507 e. The normalized spacial score (nSPS) is 12.0. The molecule has 0 unspecified atom stereocenters. The molecule has 0 spiro atoms. The van der Waals surface area contributed by atoms with Crippen LogP contribution < -0.4 is 35.1 Å². The van der Waals surface area contributed by atoms with E-state index in [1.807, 2.05) is 32.9 Å². The molecule has 0 saturated carbocycles. The quantitative estimate of drug-likeness (QED) is 0.574. The van der Waals surface area contributed by atoms with Crippen molar-refractivity contribution in [1.29, 1.82) is 0 Å². The van der Waals surface area contributed by atoms with Gasteiger partial charge in [-0.3, -0.25) is 9.78 Å². The molecule has 1 atom stereocenters. The molecule has 0 aliphatic carbocycles. The van der Waals surface area contributed by atoms with E-state index in [0.29, 0.717) is 17.7 Å². The molecule has 0 fully saturated rings. The number of aromatic hydroxyl groups is 2. The summed E-state index contributed by atoms with van der Waals surface area (Å²) < 4.78 is 4.77. The van der Waals surface area contributed by atoms with Gasteiger partial charge in [-0.2, -0.15) is 5.16 Å². The fourth-order valence-corrected chi connectivity index (χ4v) is 3.07. The maximum atomic E-state index is 11.7. The first-order valence-electron chi connectivity index (χ1n) is 8.54. The second-order valence-electron chi connectivity index (χ2n) is 6.82. The van der Waals surface area contributed by atoms with Gasteiger partial charge in [0.25, 0.3) is 5.56 Å². The molecular formula is C20H22N2NaO4+. The van der Waals surface area contributed by atoms with E-state index in [4.69, 9.17) is 4.52 Å². The van der Waals surface area contributed by atoms with E-state index in [-0.39, 0.29) is 64.0 Å². The van der Waals surface area contributed by atoms with Crippen molar-refractivity contribution in [1.82, 2.24) is 10.1 Å². The molecule has 0 aliphatic rings. The zero-order chi connectivity index (χ0) is 18.8. The van der Waals surface area contributed by atoms with Crippen LogP contribution in [-0.4, -0.2) is 20.4 Å². The second kappa shape index (κ2) is 8.78. The number of aromatic amines is 1. The third kappa shape index (κ3) is 4.46. The molecule has 2 aromatic heterocycles. The largest absolute Gasteiger partial charge is 1.00 e. The topological polar surface area (TPSA) is 99.4 Å². The maximum Gasteiger partial charge on any atom is 1.00 e. The molecule has 0 bridgehead atoms. The molecule has 2 heterocycles. The van der Waals surface area contributed by atoms with Gasteiger partial charge in [-0.05, 0) is 41.5 Å². The smallest absolute Gasteiger partial charge is 0.507 e. The average Bonchev–Trinajstić information content (AvgIpc) is 3.02. The Kier molecular flexibility index (Phi) is 6.92. The molecular weight excluding hydrogens is 355 g/mol. The van der Waals surface area contributed by atoms with E-state index < -0.39 is 0 Å². The SMILES string of the molecule is CC(C)c1nccc(C[C@H](C)c2ccc(-c3co[nH]c3=O)c(O)c2)c1O.[Na+]. The number of rotatable bonds is 5. The molecule has 7 heteroatoms. The number of hydrogen-bond acceptors (Lipinski definition) is 5. The molecule has 0 radical (unpaired) electrons. The number of H-pyrrole nitrogens is 1. The van der Waals surface area contributed by atoms with Crippen molar-refractivity contribution >= 4 is 0 Å². The number of pyridine rings is 1. The monoisotopic (exact) mass is 377 g/mol. The van der Waals surface area contributed by atoms with Crippen molar-refractivity contribution in [3.63, 3.8) is 0 Å². The molecule has 0 amide bonds. The van der Waals surface area contributed by atoms with Gasteiger partial charge in [-0.15, -0.1) is 0 Å². The van der Waals surface area contributed by atoms with Gasteiger partial charge >= 0.3 is 29.6 Å². The van der Waals surface area contributed by atoms with Gasteiger partial charge in [0, 0.05) is 11.8 Å². The van der Waals surface area contributed by atoms with E-state index in [1.165, 1.54) is 6.26 Å². The third-order valence-electron chi connectivity index (χ3n) is 4.56. The molecule has 0 saturated heterocycles. The number of nitrogens with zero attached hydrogens (tertiary/aromatic N) is 1. The summed E-state index contributed by atoms with van der Waals surface area (Å²) in [6.07, 6.45) is 3.60. The van der Waals surface area contributed by atoms with Crippen LogP contribution in [0.25, 0.3) is 11.1 Å². The molecule has 3 N–H and O–H groups in total. The first-order valence-corrected chi connectivity index (χ1v) is 8.54. The van der Waals surface area contributed by atoms with Crippen LogP contribution in [0.15, 0.2) is 46.0 Å². The Hall–Kier alpha value is -2.02. The van der Waals surface area contributed by atoms with Gasteiger partial charge < -0.3 is 14.7 Å². The van der Waals surface area contributed by atoms with Crippen LogP contribution in [0.1, 0.15) is 49.4 Å². The molecule has 136 valence electrons. The predicted molar refractivity (Wildman–Crippen MR) is 98.5 cm³/mol. The molecule has 27 heavy (non-hydrogen) atoms. The minimum absolute atomic E-state index is 0. The fraction of sp³-hybridized carbons (Fsp3) is 0.300. The third-order valence-corrected chi connectivity index (χ3v) is 4.56. The van der Waals surface area contributed by atoms with Crippen molar-refractivity contribution in [3.8, 4) is 22.6 Å². The predicted octanol–water partition coefficient (Wildman–Crippen LogP) is 0.915. The number of nitrogens with one attached hydrogen (secondary N) is 1. The molecule has 0 aliphatic heterocycles. The molecule has 1 aromatic carbocycles. The summed E-state index contributed by atoms with van der Waals surface area (Å²) in [5.41, 5.74) is 2.75. The van der Waals surface area contributed by atoms with Crippen molar-refractivity contribution < 1.29 is 44.3 Å². The summed E-state index contributed by atoms with van der Waals surface area (Å²) in [5, 5.41) is 23.0. The van der Waals surface area contributed by atoms with E-state index in [9.17, 15) is 15.0 Å². The second-order valence-corrected chi connectivity index (χ2v) is 6.82. The minimum atomic E-state index is -0.385. The van der Waals surface area contributed by atoms with Gasteiger partial charge in [0.05, 0.1) is 11.3 Å². The average molecular weight is 377 g/mol.